The number of rotatable bonds is 3. The molecule has 0 amide bonds. The zero-order chi connectivity index (χ0) is 10.8. The summed E-state index contributed by atoms with van der Waals surface area (Å²) in [6, 6.07) is 9.23. The fourth-order valence-electron chi connectivity index (χ4n) is 0.836. The molecule has 0 radical (unpaired) electrons. The molecular weight excluding hydrogens is 219 g/mol. The van der Waals surface area contributed by atoms with E-state index in [1.807, 2.05) is 30.3 Å². The van der Waals surface area contributed by atoms with Crippen LogP contribution in [0, 0.1) is 0 Å². The van der Waals surface area contributed by atoms with Crippen LogP contribution in [0.1, 0.15) is 13.8 Å². The molecule has 0 atom stereocenters. The molecule has 0 saturated heterocycles. The first kappa shape index (κ1) is 11.8. The highest BCUT2D eigenvalue weighted by Gasteiger charge is 2.38. The van der Waals surface area contributed by atoms with Gasteiger partial charge in [0.15, 0.2) is 0 Å². The van der Waals surface area contributed by atoms with Crippen molar-refractivity contribution in [2.45, 2.75) is 23.2 Å². The van der Waals surface area contributed by atoms with E-state index in [2.05, 4.69) is 0 Å². The number of hydrogen-bond donors (Lipinski definition) is 2. The molecule has 0 aromatic heterocycles. The summed E-state index contributed by atoms with van der Waals surface area (Å²) in [5, 5.41) is 0. The van der Waals surface area contributed by atoms with Gasteiger partial charge >= 0.3 is 7.60 Å². The SMILES string of the molecule is CC(C)(Sc1ccccc1)P(=O)(O)O. The van der Waals surface area contributed by atoms with Crippen molar-refractivity contribution in [1.29, 1.82) is 0 Å². The molecule has 1 rings (SSSR count). The van der Waals surface area contributed by atoms with E-state index in [-0.39, 0.29) is 0 Å². The number of thioether (sulfide) groups is 1. The van der Waals surface area contributed by atoms with Crippen LogP contribution >= 0.6 is 19.4 Å². The van der Waals surface area contributed by atoms with E-state index in [1.54, 1.807) is 13.8 Å². The fraction of sp³-hybridized carbons (Fsp3) is 0.333. The largest absolute Gasteiger partial charge is 0.341 e. The molecule has 2 N–H and O–H groups in total. The van der Waals surface area contributed by atoms with Crippen LogP contribution in [0.2, 0.25) is 0 Å². The minimum atomic E-state index is -4.07. The van der Waals surface area contributed by atoms with Gasteiger partial charge in [-0.3, -0.25) is 4.57 Å². The first-order chi connectivity index (χ1) is 6.33. The van der Waals surface area contributed by atoms with Gasteiger partial charge in [-0.25, -0.2) is 0 Å². The van der Waals surface area contributed by atoms with Gasteiger partial charge in [0, 0.05) is 4.90 Å². The van der Waals surface area contributed by atoms with Gasteiger partial charge in [0.2, 0.25) is 0 Å². The Balaban J connectivity index is 2.85. The van der Waals surface area contributed by atoms with Crippen LogP contribution < -0.4 is 0 Å². The van der Waals surface area contributed by atoms with E-state index in [0.29, 0.717) is 0 Å². The zero-order valence-corrected chi connectivity index (χ0v) is 9.76. The molecule has 0 unspecified atom stereocenters. The summed E-state index contributed by atoms with van der Waals surface area (Å²) in [5.74, 6) is 0. The van der Waals surface area contributed by atoms with E-state index in [9.17, 15) is 4.57 Å². The van der Waals surface area contributed by atoms with Gasteiger partial charge < -0.3 is 9.79 Å². The molecule has 0 saturated carbocycles. The molecule has 0 aliphatic carbocycles. The predicted molar refractivity (Wildman–Crippen MR) is 58.4 cm³/mol. The minimum Gasteiger partial charge on any atom is -0.323 e. The normalized spacial score (nSPS) is 12.9. The molecule has 0 heterocycles. The van der Waals surface area contributed by atoms with Crippen LogP contribution in [0.5, 0.6) is 0 Å². The highest BCUT2D eigenvalue weighted by molar-refractivity contribution is 8.06. The van der Waals surface area contributed by atoms with Gasteiger partial charge in [0.05, 0.1) is 0 Å². The van der Waals surface area contributed by atoms with Crippen molar-refractivity contribution in [3.05, 3.63) is 30.3 Å². The second-order valence-electron chi connectivity index (χ2n) is 3.41. The van der Waals surface area contributed by atoms with Crippen LogP contribution in [0.3, 0.4) is 0 Å². The van der Waals surface area contributed by atoms with Gasteiger partial charge in [-0.15, -0.1) is 11.8 Å². The lowest BCUT2D eigenvalue weighted by Gasteiger charge is -2.24. The second kappa shape index (κ2) is 4.07. The molecule has 0 bridgehead atoms. The third-order valence-electron chi connectivity index (χ3n) is 1.81. The standard InChI is InChI=1S/C9H13O3PS/c1-9(2,13(10,11)12)14-8-6-4-3-5-7-8/h3-7H,1-2H3,(H2,10,11,12). The van der Waals surface area contributed by atoms with Gasteiger partial charge in [0.25, 0.3) is 0 Å². The first-order valence-electron chi connectivity index (χ1n) is 4.13. The topological polar surface area (TPSA) is 57.5 Å². The molecule has 0 fully saturated rings. The van der Waals surface area contributed by atoms with Crippen molar-refractivity contribution in [1.82, 2.24) is 0 Å². The molecule has 0 aliphatic rings. The van der Waals surface area contributed by atoms with Crippen molar-refractivity contribution < 1.29 is 14.4 Å². The summed E-state index contributed by atoms with van der Waals surface area (Å²) in [6.45, 7) is 3.09. The molecule has 14 heavy (non-hydrogen) atoms. The Morgan fingerprint density at radius 3 is 2.14 bits per heavy atom. The van der Waals surface area contributed by atoms with Crippen molar-refractivity contribution in [3.8, 4) is 0 Å². The lowest BCUT2D eigenvalue weighted by Crippen LogP contribution is -2.14. The van der Waals surface area contributed by atoms with Crippen molar-refractivity contribution in [2.24, 2.45) is 0 Å². The van der Waals surface area contributed by atoms with E-state index in [0.717, 1.165) is 4.90 Å². The number of benzene rings is 1. The van der Waals surface area contributed by atoms with E-state index >= 15 is 0 Å². The smallest absolute Gasteiger partial charge is 0.323 e. The Kier molecular flexibility index (Phi) is 3.43. The molecule has 1 aromatic carbocycles. The van der Waals surface area contributed by atoms with Crippen LogP contribution in [-0.2, 0) is 4.57 Å². The van der Waals surface area contributed by atoms with Gasteiger partial charge in [-0.1, -0.05) is 18.2 Å². The summed E-state index contributed by atoms with van der Waals surface area (Å²) in [6.07, 6.45) is 0. The summed E-state index contributed by atoms with van der Waals surface area (Å²) in [5.41, 5.74) is 0. The maximum atomic E-state index is 11.1. The molecule has 78 valence electrons. The Bertz CT molecular complexity index is 344. The van der Waals surface area contributed by atoms with E-state index < -0.39 is 12.1 Å². The average molecular weight is 232 g/mol. The lowest BCUT2D eigenvalue weighted by molar-refractivity contribution is 0.358. The third-order valence-corrected chi connectivity index (χ3v) is 5.21. The van der Waals surface area contributed by atoms with Crippen LogP contribution in [0.25, 0.3) is 0 Å². The van der Waals surface area contributed by atoms with Crippen LogP contribution in [0.4, 0.5) is 0 Å². The lowest BCUT2D eigenvalue weighted by atomic mass is 10.4. The average Bonchev–Trinajstić information content (AvgIpc) is 2.03. The van der Waals surface area contributed by atoms with Crippen molar-refractivity contribution in [2.75, 3.05) is 0 Å². The van der Waals surface area contributed by atoms with Crippen LogP contribution in [-0.4, -0.2) is 14.3 Å². The molecule has 0 spiro atoms. The Morgan fingerprint density at radius 2 is 1.71 bits per heavy atom. The molecule has 0 aliphatic heterocycles. The summed E-state index contributed by atoms with van der Waals surface area (Å²) < 4.78 is 10.1. The summed E-state index contributed by atoms with van der Waals surface area (Å²) in [4.78, 5) is 19.1. The third kappa shape index (κ3) is 2.85. The highest BCUT2D eigenvalue weighted by Crippen LogP contribution is 2.58. The van der Waals surface area contributed by atoms with E-state index in [1.165, 1.54) is 11.8 Å². The zero-order valence-electron chi connectivity index (χ0n) is 8.04. The predicted octanol–water partition coefficient (Wildman–Crippen LogP) is 2.69. The molecule has 5 heteroatoms. The van der Waals surface area contributed by atoms with Crippen molar-refractivity contribution >= 4 is 19.4 Å². The van der Waals surface area contributed by atoms with Gasteiger partial charge in [-0.2, -0.15) is 0 Å². The van der Waals surface area contributed by atoms with Gasteiger partial charge in [0.1, 0.15) is 4.49 Å². The monoisotopic (exact) mass is 232 g/mol. The Morgan fingerprint density at radius 1 is 1.21 bits per heavy atom. The Hall–Kier alpha value is -0.280. The fourth-order valence-corrected chi connectivity index (χ4v) is 2.50. The highest BCUT2D eigenvalue weighted by atomic mass is 32.2. The van der Waals surface area contributed by atoms with Gasteiger partial charge in [-0.05, 0) is 26.0 Å². The first-order valence-corrected chi connectivity index (χ1v) is 6.55. The minimum absolute atomic E-state index is 0.862. The maximum Gasteiger partial charge on any atom is 0.341 e. The molecular formula is C9H13O3PS. The van der Waals surface area contributed by atoms with E-state index in [4.69, 9.17) is 9.79 Å². The Labute approximate surface area is 87.7 Å². The van der Waals surface area contributed by atoms with Crippen LogP contribution in [0.15, 0.2) is 35.2 Å². The quantitative estimate of drug-likeness (QED) is 0.621. The summed E-state index contributed by atoms with van der Waals surface area (Å²) in [7, 11) is -4.07. The molecule has 1 aromatic rings. The summed E-state index contributed by atoms with van der Waals surface area (Å²) >= 11 is 1.19. The van der Waals surface area contributed by atoms with Crippen molar-refractivity contribution in [3.63, 3.8) is 0 Å². The maximum absolute atomic E-state index is 11.1. The second-order valence-corrected chi connectivity index (χ2v) is 7.61. The number of hydrogen-bond acceptors (Lipinski definition) is 2. The molecule has 3 nitrogen and oxygen atoms in total.